The van der Waals surface area contributed by atoms with E-state index in [1.165, 1.54) is 0 Å². The van der Waals surface area contributed by atoms with E-state index in [0.717, 1.165) is 11.1 Å². The van der Waals surface area contributed by atoms with Gasteiger partial charge < -0.3 is 4.74 Å². The van der Waals surface area contributed by atoms with Gasteiger partial charge in [0.15, 0.2) is 5.78 Å². The monoisotopic (exact) mass is 304 g/mol. The maximum Gasteiger partial charge on any atom is 0.306 e. The van der Waals surface area contributed by atoms with Crippen LogP contribution in [0.2, 0.25) is 0 Å². The van der Waals surface area contributed by atoms with Gasteiger partial charge in [0, 0.05) is 24.7 Å². The molecule has 2 fully saturated rings. The third-order valence-electron chi connectivity index (χ3n) is 4.45. The predicted molar refractivity (Wildman–Crippen MR) is 83.2 cm³/mol. The van der Waals surface area contributed by atoms with Crippen molar-refractivity contribution in [2.45, 2.75) is 65.4 Å². The highest BCUT2D eigenvalue weighted by molar-refractivity contribution is 5.91. The number of esters is 1. The molecule has 1 heterocycles. The highest BCUT2D eigenvalue weighted by Crippen LogP contribution is 2.47. The Morgan fingerprint density at radius 3 is 2.68 bits per heavy atom. The Morgan fingerprint density at radius 1 is 1.27 bits per heavy atom. The van der Waals surface area contributed by atoms with E-state index in [9.17, 15) is 14.4 Å². The van der Waals surface area contributed by atoms with Crippen LogP contribution in [0.4, 0.5) is 0 Å². The first-order chi connectivity index (χ1) is 10.3. The summed E-state index contributed by atoms with van der Waals surface area (Å²) in [5.41, 5.74) is 1.59. The lowest BCUT2D eigenvalue weighted by molar-refractivity contribution is -0.144. The molecule has 2 rings (SSSR count). The number of carbonyl (C=O) groups excluding carboxylic acids is 3. The maximum absolute atomic E-state index is 11.8. The molecular formula is C18H24O4. The minimum Gasteiger partial charge on any atom is -0.462 e. The second kappa shape index (κ2) is 6.59. The molecule has 0 N–H and O–H groups in total. The van der Waals surface area contributed by atoms with Gasteiger partial charge in [-0.2, -0.15) is 0 Å². The molecule has 4 nitrogen and oxygen atoms in total. The fourth-order valence-corrected chi connectivity index (χ4v) is 3.41. The van der Waals surface area contributed by atoms with Crippen LogP contribution >= 0.6 is 0 Å². The topological polar surface area (TPSA) is 60.4 Å². The van der Waals surface area contributed by atoms with E-state index in [4.69, 9.17) is 4.74 Å². The summed E-state index contributed by atoms with van der Waals surface area (Å²) in [5, 5.41) is 0. The summed E-state index contributed by atoms with van der Waals surface area (Å²) in [6.07, 6.45) is 6.38. The molecular weight excluding hydrogens is 280 g/mol. The molecule has 22 heavy (non-hydrogen) atoms. The molecule has 0 amide bonds. The first-order valence-electron chi connectivity index (χ1n) is 7.85. The van der Waals surface area contributed by atoms with Gasteiger partial charge in [-0.3, -0.25) is 14.4 Å². The van der Waals surface area contributed by atoms with E-state index in [2.05, 4.69) is 0 Å². The highest BCUT2D eigenvalue weighted by atomic mass is 16.6. The first kappa shape index (κ1) is 16.7. The summed E-state index contributed by atoms with van der Waals surface area (Å²) in [5.74, 6) is 0.0915. The van der Waals surface area contributed by atoms with Crippen LogP contribution in [0.1, 0.15) is 59.3 Å². The van der Waals surface area contributed by atoms with E-state index in [0.29, 0.717) is 38.5 Å². The smallest absolute Gasteiger partial charge is 0.306 e. The van der Waals surface area contributed by atoms with E-state index in [1.807, 2.05) is 26.8 Å². The van der Waals surface area contributed by atoms with Gasteiger partial charge in [0.2, 0.25) is 0 Å². The van der Waals surface area contributed by atoms with Crippen molar-refractivity contribution in [1.82, 2.24) is 0 Å². The van der Waals surface area contributed by atoms with Crippen molar-refractivity contribution in [2.24, 2.45) is 5.41 Å². The number of Topliss-reactive ketones (excluding diaryl/α,β-unsaturated/α-hetero) is 1. The maximum atomic E-state index is 11.8. The fourth-order valence-electron chi connectivity index (χ4n) is 3.41. The second-order valence-electron chi connectivity index (χ2n) is 6.89. The molecule has 2 atom stereocenters. The number of hydrogen-bond acceptors (Lipinski definition) is 4. The Hall–Kier alpha value is -1.71. The van der Waals surface area contributed by atoms with Crippen molar-refractivity contribution in [3.8, 4) is 0 Å². The number of allylic oxidation sites excluding steroid dienone is 4. The Bertz CT molecular complexity index is 549. The molecule has 0 aromatic rings. The van der Waals surface area contributed by atoms with Gasteiger partial charge in [0.05, 0.1) is 6.42 Å². The van der Waals surface area contributed by atoms with Crippen LogP contribution in [0.25, 0.3) is 0 Å². The number of ether oxygens (including phenoxy) is 1. The lowest BCUT2D eigenvalue weighted by Gasteiger charge is -2.35. The average Bonchev–Trinajstić information content (AvgIpc) is 2.71. The van der Waals surface area contributed by atoms with Crippen LogP contribution in [0.5, 0.6) is 0 Å². The van der Waals surface area contributed by atoms with Gasteiger partial charge >= 0.3 is 5.97 Å². The minimum atomic E-state index is -0.382. The van der Waals surface area contributed by atoms with Gasteiger partial charge in [-0.25, -0.2) is 0 Å². The molecule has 4 heteroatoms. The van der Waals surface area contributed by atoms with Crippen molar-refractivity contribution in [3.63, 3.8) is 0 Å². The molecule has 1 saturated carbocycles. The summed E-state index contributed by atoms with van der Waals surface area (Å²) in [6, 6.07) is 0. The third-order valence-corrected chi connectivity index (χ3v) is 4.45. The van der Waals surface area contributed by atoms with Gasteiger partial charge in [-0.05, 0) is 39.7 Å². The van der Waals surface area contributed by atoms with Crippen LogP contribution in [0.3, 0.4) is 0 Å². The van der Waals surface area contributed by atoms with E-state index in [1.54, 1.807) is 6.08 Å². The average molecular weight is 304 g/mol. The minimum absolute atomic E-state index is 0.0845. The normalized spacial score (nSPS) is 28.1. The largest absolute Gasteiger partial charge is 0.462 e. The van der Waals surface area contributed by atoms with E-state index in [-0.39, 0.29) is 29.1 Å². The quantitative estimate of drug-likeness (QED) is 0.444. The van der Waals surface area contributed by atoms with Crippen molar-refractivity contribution < 1.29 is 19.1 Å². The number of hydrogen-bond donors (Lipinski definition) is 0. The molecule has 0 bridgehead atoms. The van der Waals surface area contributed by atoms with Crippen molar-refractivity contribution in [2.75, 3.05) is 0 Å². The van der Waals surface area contributed by atoms with Crippen molar-refractivity contribution in [3.05, 3.63) is 23.3 Å². The predicted octanol–water partition coefficient (Wildman–Crippen LogP) is 3.30. The summed E-state index contributed by atoms with van der Waals surface area (Å²) in [6.45, 7) is 5.72. The fraction of sp³-hybridized carbons (Fsp3) is 0.611. The summed E-state index contributed by atoms with van der Waals surface area (Å²) >= 11 is 0. The van der Waals surface area contributed by atoms with E-state index >= 15 is 0 Å². The van der Waals surface area contributed by atoms with Gasteiger partial charge in [0.25, 0.3) is 0 Å². The zero-order valence-electron chi connectivity index (χ0n) is 13.6. The van der Waals surface area contributed by atoms with Gasteiger partial charge in [-0.1, -0.05) is 17.2 Å². The standard InChI is InChI=1S/C18H24O4/c1-12(2)8-15(20)9-13(3)6-7-18-10-14(19)4-5-16(18)22-17(21)11-18/h6,8,16H,4-5,7,9-11H2,1-3H3. The Morgan fingerprint density at radius 2 is 2.00 bits per heavy atom. The highest BCUT2D eigenvalue weighted by Gasteiger charge is 2.51. The zero-order valence-corrected chi connectivity index (χ0v) is 13.6. The SMILES string of the molecule is CC(C)=CC(=O)CC(C)=CCC12CC(=O)CCC1OC(=O)C2. The lowest BCUT2D eigenvalue weighted by Crippen LogP contribution is -2.37. The number of fused-ring (bicyclic) bond motifs is 1. The molecule has 2 unspecified atom stereocenters. The molecule has 120 valence electrons. The summed E-state index contributed by atoms with van der Waals surface area (Å²) < 4.78 is 5.39. The number of ketones is 2. The van der Waals surface area contributed by atoms with E-state index < -0.39 is 0 Å². The number of carbonyl (C=O) groups is 3. The molecule has 0 aromatic heterocycles. The summed E-state index contributed by atoms with van der Waals surface area (Å²) in [4.78, 5) is 35.3. The Balaban J connectivity index is 2.05. The van der Waals surface area contributed by atoms with Crippen LogP contribution in [0, 0.1) is 5.41 Å². The third kappa shape index (κ3) is 3.93. The summed E-state index contributed by atoms with van der Waals surface area (Å²) in [7, 11) is 0. The van der Waals surface area contributed by atoms with Crippen LogP contribution in [-0.4, -0.2) is 23.6 Å². The lowest BCUT2D eigenvalue weighted by atomic mass is 9.68. The van der Waals surface area contributed by atoms with Crippen LogP contribution < -0.4 is 0 Å². The molecule has 1 aliphatic carbocycles. The van der Waals surface area contributed by atoms with Gasteiger partial charge in [0.1, 0.15) is 11.9 Å². The molecule has 0 radical (unpaired) electrons. The van der Waals surface area contributed by atoms with Gasteiger partial charge in [-0.15, -0.1) is 0 Å². The van der Waals surface area contributed by atoms with Crippen molar-refractivity contribution in [1.29, 1.82) is 0 Å². The van der Waals surface area contributed by atoms with Crippen LogP contribution in [0.15, 0.2) is 23.3 Å². The van der Waals surface area contributed by atoms with Crippen molar-refractivity contribution >= 4 is 17.5 Å². The molecule has 2 aliphatic rings. The molecule has 1 aliphatic heterocycles. The van der Waals surface area contributed by atoms with Crippen LogP contribution in [-0.2, 0) is 19.1 Å². The second-order valence-corrected chi connectivity index (χ2v) is 6.89. The Kier molecular flexibility index (Phi) is 4.99. The molecule has 1 saturated heterocycles. The molecule has 0 aromatic carbocycles. The zero-order chi connectivity index (χ0) is 16.3. The molecule has 0 spiro atoms. The first-order valence-corrected chi connectivity index (χ1v) is 7.85. The number of rotatable bonds is 5. The Labute approximate surface area is 131 Å².